The highest BCUT2D eigenvalue weighted by atomic mass is 32.2. The topological polar surface area (TPSA) is 93.1 Å². The molecule has 134 valence electrons. The summed E-state index contributed by atoms with van der Waals surface area (Å²) in [7, 11) is -2.59. The summed E-state index contributed by atoms with van der Waals surface area (Å²) < 4.78 is 37.0. The van der Waals surface area contributed by atoms with E-state index in [-0.39, 0.29) is 10.6 Å². The minimum Gasteiger partial charge on any atom is -0.497 e. The van der Waals surface area contributed by atoms with Crippen LogP contribution >= 0.6 is 0 Å². The van der Waals surface area contributed by atoms with Crippen LogP contribution in [0.2, 0.25) is 0 Å². The van der Waals surface area contributed by atoms with E-state index in [9.17, 15) is 13.2 Å². The highest BCUT2D eigenvalue weighted by molar-refractivity contribution is 7.92. The average molecular weight is 365 g/mol. The third-order valence-corrected chi connectivity index (χ3v) is 5.13. The first-order chi connectivity index (χ1) is 11.9. The normalized spacial score (nSPS) is 11.0. The molecule has 0 aliphatic carbocycles. The van der Waals surface area contributed by atoms with Crippen molar-refractivity contribution in [3.05, 3.63) is 48.5 Å². The first-order valence-electron chi connectivity index (χ1n) is 7.50. The standard InChI is InChI=1S/C17H19NO6S/c1-3-24-15-6-4-5-13(11-15)18(12-17(19)20)25(21,22)16-9-7-14(23-2)8-10-16/h4-11H,3,12H2,1-2H3,(H,19,20). The van der Waals surface area contributed by atoms with Crippen molar-refractivity contribution in [2.24, 2.45) is 0 Å². The molecule has 0 fully saturated rings. The fourth-order valence-corrected chi connectivity index (χ4v) is 3.61. The number of methoxy groups -OCH3 is 1. The number of carboxylic acids is 1. The monoisotopic (exact) mass is 365 g/mol. The molecule has 0 atom stereocenters. The van der Waals surface area contributed by atoms with Crippen LogP contribution in [0.4, 0.5) is 5.69 Å². The largest absolute Gasteiger partial charge is 0.497 e. The third-order valence-electron chi connectivity index (χ3n) is 3.34. The van der Waals surface area contributed by atoms with Crippen molar-refractivity contribution in [2.75, 3.05) is 24.6 Å². The number of nitrogens with zero attached hydrogens (tertiary/aromatic N) is 1. The van der Waals surface area contributed by atoms with Gasteiger partial charge < -0.3 is 14.6 Å². The smallest absolute Gasteiger partial charge is 0.324 e. The van der Waals surface area contributed by atoms with Crippen LogP contribution in [-0.4, -0.2) is 39.8 Å². The second kappa shape index (κ2) is 7.89. The molecule has 1 N–H and O–H groups in total. The van der Waals surface area contributed by atoms with Gasteiger partial charge in [-0.3, -0.25) is 9.10 Å². The van der Waals surface area contributed by atoms with Crippen molar-refractivity contribution in [1.29, 1.82) is 0 Å². The number of hydrogen-bond donors (Lipinski definition) is 1. The van der Waals surface area contributed by atoms with Gasteiger partial charge in [0, 0.05) is 6.07 Å². The number of hydrogen-bond acceptors (Lipinski definition) is 5. The molecule has 0 amide bonds. The lowest BCUT2D eigenvalue weighted by molar-refractivity contribution is -0.135. The van der Waals surface area contributed by atoms with E-state index < -0.39 is 22.5 Å². The zero-order valence-corrected chi connectivity index (χ0v) is 14.7. The van der Waals surface area contributed by atoms with E-state index in [1.54, 1.807) is 19.1 Å². The summed E-state index contributed by atoms with van der Waals surface area (Å²) in [6, 6.07) is 12.0. The summed E-state index contributed by atoms with van der Waals surface area (Å²) >= 11 is 0. The maximum absolute atomic E-state index is 12.9. The van der Waals surface area contributed by atoms with Crippen LogP contribution in [0.25, 0.3) is 0 Å². The van der Waals surface area contributed by atoms with E-state index in [0.29, 0.717) is 18.1 Å². The van der Waals surface area contributed by atoms with Crippen LogP contribution in [-0.2, 0) is 14.8 Å². The fraction of sp³-hybridized carbons (Fsp3) is 0.235. The Balaban J connectivity index is 2.48. The Kier molecular flexibility index (Phi) is 5.87. The van der Waals surface area contributed by atoms with Crippen LogP contribution in [0, 0.1) is 0 Å². The first kappa shape index (κ1) is 18.6. The van der Waals surface area contributed by atoms with Crippen LogP contribution in [0.3, 0.4) is 0 Å². The van der Waals surface area contributed by atoms with Gasteiger partial charge in [-0.25, -0.2) is 8.42 Å². The van der Waals surface area contributed by atoms with Gasteiger partial charge in [-0.1, -0.05) is 6.07 Å². The number of rotatable bonds is 8. The number of sulfonamides is 1. The van der Waals surface area contributed by atoms with E-state index in [2.05, 4.69) is 0 Å². The van der Waals surface area contributed by atoms with Gasteiger partial charge in [0.1, 0.15) is 18.0 Å². The minimum absolute atomic E-state index is 0.0311. The van der Waals surface area contributed by atoms with Gasteiger partial charge in [-0.05, 0) is 43.3 Å². The molecule has 7 nitrogen and oxygen atoms in total. The lowest BCUT2D eigenvalue weighted by Gasteiger charge is -2.23. The predicted molar refractivity (Wildman–Crippen MR) is 92.8 cm³/mol. The van der Waals surface area contributed by atoms with Crippen molar-refractivity contribution in [1.82, 2.24) is 0 Å². The number of aliphatic carboxylic acids is 1. The Morgan fingerprint density at radius 1 is 1.12 bits per heavy atom. The molecule has 2 aromatic carbocycles. The highest BCUT2D eigenvalue weighted by Crippen LogP contribution is 2.27. The molecule has 0 radical (unpaired) electrons. The van der Waals surface area contributed by atoms with Crippen molar-refractivity contribution in [2.45, 2.75) is 11.8 Å². The Bertz CT molecular complexity index is 832. The van der Waals surface area contributed by atoms with Gasteiger partial charge in [0.25, 0.3) is 10.0 Å². The molecular formula is C17H19NO6S. The van der Waals surface area contributed by atoms with E-state index in [1.807, 2.05) is 0 Å². The van der Waals surface area contributed by atoms with Crippen molar-refractivity contribution in [3.63, 3.8) is 0 Å². The van der Waals surface area contributed by atoms with Gasteiger partial charge in [-0.15, -0.1) is 0 Å². The molecule has 8 heteroatoms. The van der Waals surface area contributed by atoms with E-state index in [4.69, 9.17) is 14.6 Å². The lowest BCUT2D eigenvalue weighted by atomic mass is 10.3. The summed E-state index contributed by atoms with van der Waals surface area (Å²) in [6.07, 6.45) is 0. The van der Waals surface area contributed by atoms with Gasteiger partial charge >= 0.3 is 5.97 Å². The van der Waals surface area contributed by atoms with Crippen LogP contribution in [0.5, 0.6) is 11.5 Å². The molecule has 0 saturated carbocycles. The molecule has 0 aliphatic rings. The molecule has 0 aliphatic heterocycles. The number of carbonyl (C=O) groups is 1. The lowest BCUT2D eigenvalue weighted by Crippen LogP contribution is -2.35. The zero-order chi connectivity index (χ0) is 18.4. The van der Waals surface area contributed by atoms with Crippen LogP contribution in [0.1, 0.15) is 6.92 Å². The maximum Gasteiger partial charge on any atom is 0.324 e. The fourth-order valence-electron chi connectivity index (χ4n) is 2.21. The Hall–Kier alpha value is -2.74. The Labute approximate surface area is 146 Å². The van der Waals surface area contributed by atoms with E-state index in [0.717, 1.165) is 4.31 Å². The SMILES string of the molecule is CCOc1cccc(N(CC(=O)O)S(=O)(=O)c2ccc(OC)cc2)c1. The second-order valence-corrected chi connectivity index (χ2v) is 6.87. The molecule has 0 unspecified atom stereocenters. The molecule has 0 heterocycles. The van der Waals surface area contributed by atoms with Crippen molar-refractivity contribution < 1.29 is 27.8 Å². The van der Waals surface area contributed by atoms with Gasteiger partial charge in [-0.2, -0.15) is 0 Å². The molecule has 0 bridgehead atoms. The molecule has 0 saturated heterocycles. The number of anilines is 1. The summed E-state index contributed by atoms with van der Waals surface area (Å²) in [4.78, 5) is 11.2. The third kappa shape index (κ3) is 4.42. The number of ether oxygens (including phenoxy) is 2. The van der Waals surface area contributed by atoms with Crippen LogP contribution in [0.15, 0.2) is 53.4 Å². The van der Waals surface area contributed by atoms with Gasteiger partial charge in [0.15, 0.2) is 0 Å². The van der Waals surface area contributed by atoms with Gasteiger partial charge in [0.05, 0.1) is 24.3 Å². The average Bonchev–Trinajstić information content (AvgIpc) is 2.60. The summed E-state index contributed by atoms with van der Waals surface area (Å²) in [5.41, 5.74) is 0.212. The van der Waals surface area contributed by atoms with E-state index in [1.165, 1.54) is 43.5 Å². The number of benzene rings is 2. The van der Waals surface area contributed by atoms with Crippen LogP contribution < -0.4 is 13.8 Å². The predicted octanol–water partition coefficient (Wildman–Crippen LogP) is 2.37. The molecule has 2 aromatic rings. The quantitative estimate of drug-likeness (QED) is 0.772. The molecule has 0 aromatic heterocycles. The Morgan fingerprint density at radius 2 is 1.80 bits per heavy atom. The first-order valence-corrected chi connectivity index (χ1v) is 8.94. The summed E-state index contributed by atoms with van der Waals surface area (Å²) in [5.74, 6) is -0.304. The maximum atomic E-state index is 12.9. The Morgan fingerprint density at radius 3 is 2.36 bits per heavy atom. The molecule has 25 heavy (non-hydrogen) atoms. The van der Waals surface area contributed by atoms with E-state index >= 15 is 0 Å². The molecular weight excluding hydrogens is 346 g/mol. The van der Waals surface area contributed by atoms with Crippen molar-refractivity contribution in [3.8, 4) is 11.5 Å². The highest BCUT2D eigenvalue weighted by Gasteiger charge is 2.27. The molecule has 0 spiro atoms. The summed E-state index contributed by atoms with van der Waals surface area (Å²) in [6.45, 7) is 1.51. The molecule has 2 rings (SSSR count). The number of carboxylic acid groups (broad SMARTS) is 1. The van der Waals surface area contributed by atoms with Crippen molar-refractivity contribution >= 4 is 21.7 Å². The van der Waals surface area contributed by atoms with Gasteiger partial charge in [0.2, 0.25) is 0 Å². The second-order valence-electron chi connectivity index (χ2n) is 5.01. The summed E-state index contributed by atoms with van der Waals surface area (Å²) in [5, 5.41) is 9.15. The minimum atomic E-state index is -4.06. The zero-order valence-electron chi connectivity index (χ0n) is 13.9.